The van der Waals surface area contributed by atoms with E-state index in [9.17, 15) is 36.2 Å². The first-order chi connectivity index (χ1) is 10.4. The fraction of sp³-hybridized carbons (Fsp3) is 0.923. The number of hydrogen-bond donors (Lipinski definition) is 1. The first kappa shape index (κ1) is 20.8. The zero-order chi connectivity index (χ0) is 18.1. The van der Waals surface area contributed by atoms with Gasteiger partial charge < -0.3 is 9.84 Å². The number of halogens is 7. The Balaban J connectivity index is 3.14. The molecule has 1 fully saturated rings. The molecule has 1 N–H and O–H groups in total. The molecular weight excluding hydrogens is 445 g/mol. The predicted octanol–water partition coefficient (Wildman–Crippen LogP) is 4.16. The summed E-state index contributed by atoms with van der Waals surface area (Å²) in [5.74, 6) is -3.13. The Morgan fingerprint density at radius 3 is 2.09 bits per heavy atom. The van der Waals surface area contributed by atoms with Crippen LogP contribution in [0, 0.1) is 5.92 Å². The molecule has 3 nitrogen and oxygen atoms in total. The van der Waals surface area contributed by atoms with Crippen molar-refractivity contribution in [3.63, 3.8) is 0 Å². The normalized spacial score (nSPS) is 25.1. The largest absolute Gasteiger partial charge is 0.461 e. The van der Waals surface area contributed by atoms with Crippen molar-refractivity contribution < 1.29 is 41.0 Å². The number of esters is 1. The molecule has 0 aliphatic heterocycles. The Kier molecular flexibility index (Phi) is 6.62. The van der Waals surface area contributed by atoms with Crippen molar-refractivity contribution in [2.24, 2.45) is 5.92 Å². The van der Waals surface area contributed by atoms with Gasteiger partial charge in [-0.3, -0.25) is 4.79 Å². The third-order valence-electron chi connectivity index (χ3n) is 3.99. The SMILES string of the molecule is CCC(I)C(=O)OC1CCCCC1C(O)(C(F)(F)F)C(F)(F)F. The predicted molar refractivity (Wildman–Crippen MR) is 77.0 cm³/mol. The molecule has 0 bridgehead atoms. The van der Waals surface area contributed by atoms with Gasteiger partial charge in [-0.2, -0.15) is 26.3 Å². The monoisotopic (exact) mass is 462 g/mol. The van der Waals surface area contributed by atoms with Crippen molar-refractivity contribution >= 4 is 28.6 Å². The summed E-state index contributed by atoms with van der Waals surface area (Å²) < 4.78 is 82.3. The van der Waals surface area contributed by atoms with Crippen LogP contribution in [0.25, 0.3) is 0 Å². The summed E-state index contributed by atoms with van der Waals surface area (Å²) in [5, 5.41) is 9.55. The molecule has 1 aliphatic carbocycles. The van der Waals surface area contributed by atoms with E-state index >= 15 is 0 Å². The molecule has 0 aromatic carbocycles. The highest BCUT2D eigenvalue weighted by Crippen LogP contribution is 2.52. The Morgan fingerprint density at radius 2 is 1.65 bits per heavy atom. The standard InChI is InChI=1S/C13H17F6IO3/c1-2-8(20)10(21)23-9-6-4-3-5-7(9)11(22,12(14,15)16)13(17,18)19/h7-9,22H,2-6H2,1H3. The highest BCUT2D eigenvalue weighted by molar-refractivity contribution is 14.1. The van der Waals surface area contributed by atoms with Crippen LogP contribution in [0.4, 0.5) is 26.3 Å². The third-order valence-corrected chi connectivity index (χ3v) is 5.37. The zero-order valence-electron chi connectivity index (χ0n) is 12.2. The number of hydrogen-bond acceptors (Lipinski definition) is 3. The fourth-order valence-electron chi connectivity index (χ4n) is 2.69. The second-order valence-corrected chi connectivity index (χ2v) is 7.01. The van der Waals surface area contributed by atoms with Gasteiger partial charge in [-0.1, -0.05) is 35.9 Å². The van der Waals surface area contributed by atoms with E-state index in [1.54, 1.807) is 29.5 Å². The molecule has 1 saturated carbocycles. The Bertz CT molecular complexity index is 409. The molecule has 10 heteroatoms. The first-order valence-electron chi connectivity index (χ1n) is 7.06. The molecule has 1 aliphatic rings. The lowest BCUT2D eigenvalue weighted by Gasteiger charge is -2.43. The minimum atomic E-state index is -5.91. The van der Waals surface area contributed by atoms with E-state index in [0.717, 1.165) is 0 Å². The quantitative estimate of drug-likeness (QED) is 0.296. The average molecular weight is 462 g/mol. The van der Waals surface area contributed by atoms with E-state index < -0.39 is 46.3 Å². The van der Waals surface area contributed by atoms with Gasteiger partial charge in [0.05, 0.1) is 0 Å². The van der Waals surface area contributed by atoms with Gasteiger partial charge in [0.1, 0.15) is 10.0 Å². The van der Waals surface area contributed by atoms with Gasteiger partial charge in [-0.15, -0.1) is 0 Å². The zero-order valence-corrected chi connectivity index (χ0v) is 14.3. The van der Waals surface area contributed by atoms with Crippen molar-refractivity contribution in [1.82, 2.24) is 0 Å². The lowest BCUT2D eigenvalue weighted by atomic mass is 9.74. The number of ether oxygens (including phenoxy) is 1. The summed E-state index contributed by atoms with van der Waals surface area (Å²) in [5.41, 5.74) is -4.89. The molecule has 0 heterocycles. The van der Waals surface area contributed by atoms with Crippen LogP contribution in [0.15, 0.2) is 0 Å². The van der Waals surface area contributed by atoms with Crippen LogP contribution >= 0.6 is 22.6 Å². The second-order valence-electron chi connectivity index (χ2n) is 5.50. The second kappa shape index (κ2) is 7.32. The maximum atomic E-state index is 13.0. The number of carbonyl (C=O) groups excluding carboxylic acids is 1. The molecule has 3 unspecified atom stereocenters. The van der Waals surface area contributed by atoms with E-state index in [2.05, 4.69) is 0 Å². The molecule has 1 rings (SSSR count). The van der Waals surface area contributed by atoms with Crippen LogP contribution < -0.4 is 0 Å². The smallest absolute Gasteiger partial charge is 0.426 e. The van der Waals surface area contributed by atoms with E-state index in [1.807, 2.05) is 0 Å². The number of carbonyl (C=O) groups is 1. The number of alkyl halides is 7. The van der Waals surface area contributed by atoms with Crippen LogP contribution in [0.5, 0.6) is 0 Å². The van der Waals surface area contributed by atoms with Crippen LogP contribution in [0.1, 0.15) is 39.0 Å². The topological polar surface area (TPSA) is 46.5 Å². The van der Waals surface area contributed by atoms with Gasteiger partial charge in [-0.25, -0.2) is 0 Å². The summed E-state index contributed by atoms with van der Waals surface area (Å²) in [7, 11) is 0. The molecule has 3 atom stereocenters. The number of aliphatic hydroxyl groups is 1. The minimum Gasteiger partial charge on any atom is -0.461 e. The van der Waals surface area contributed by atoms with Crippen molar-refractivity contribution in [1.29, 1.82) is 0 Å². The maximum Gasteiger partial charge on any atom is 0.426 e. The Morgan fingerprint density at radius 1 is 1.17 bits per heavy atom. The van der Waals surface area contributed by atoms with Crippen molar-refractivity contribution in [3.8, 4) is 0 Å². The van der Waals surface area contributed by atoms with Gasteiger partial charge in [-0.05, 0) is 25.7 Å². The maximum absolute atomic E-state index is 13.0. The summed E-state index contributed by atoms with van der Waals surface area (Å²) in [6.45, 7) is 1.64. The van der Waals surface area contributed by atoms with E-state index in [4.69, 9.17) is 4.74 Å². The van der Waals surface area contributed by atoms with E-state index in [0.29, 0.717) is 12.8 Å². The van der Waals surface area contributed by atoms with Gasteiger partial charge in [0.25, 0.3) is 5.60 Å². The third kappa shape index (κ3) is 4.23. The van der Waals surface area contributed by atoms with E-state index in [-0.39, 0.29) is 12.8 Å². The molecule has 0 radical (unpaired) electrons. The molecule has 0 aromatic heterocycles. The van der Waals surface area contributed by atoms with Gasteiger partial charge in [0.2, 0.25) is 0 Å². The fourth-order valence-corrected chi connectivity index (χ4v) is 2.83. The van der Waals surface area contributed by atoms with Crippen molar-refractivity contribution in [2.75, 3.05) is 0 Å². The highest BCUT2D eigenvalue weighted by Gasteiger charge is 2.75. The van der Waals surface area contributed by atoms with Crippen LogP contribution in [-0.2, 0) is 9.53 Å². The summed E-state index contributed by atoms with van der Waals surface area (Å²) in [6.07, 6.45) is -13.3. The molecule has 0 amide bonds. The number of rotatable bonds is 4. The van der Waals surface area contributed by atoms with Gasteiger partial charge in [0.15, 0.2) is 0 Å². The van der Waals surface area contributed by atoms with Crippen molar-refractivity contribution in [3.05, 3.63) is 0 Å². The summed E-state index contributed by atoms with van der Waals surface area (Å²) in [6, 6.07) is 0. The van der Waals surface area contributed by atoms with Crippen LogP contribution in [-0.4, -0.2) is 39.1 Å². The Labute approximate surface area is 142 Å². The molecule has 0 spiro atoms. The van der Waals surface area contributed by atoms with Crippen molar-refractivity contribution in [2.45, 2.75) is 67.0 Å². The van der Waals surface area contributed by atoms with Gasteiger partial charge in [0, 0.05) is 5.92 Å². The van der Waals surface area contributed by atoms with Crippen LogP contribution in [0.2, 0.25) is 0 Å². The van der Waals surface area contributed by atoms with Crippen LogP contribution in [0.3, 0.4) is 0 Å². The Hall–Kier alpha value is -0.260. The first-order valence-corrected chi connectivity index (χ1v) is 8.31. The van der Waals surface area contributed by atoms with Gasteiger partial charge >= 0.3 is 18.3 Å². The molecule has 23 heavy (non-hydrogen) atoms. The molecule has 0 aromatic rings. The lowest BCUT2D eigenvalue weighted by molar-refractivity contribution is -0.393. The average Bonchev–Trinajstić information content (AvgIpc) is 2.43. The molecular formula is C13H17F6IO3. The summed E-state index contributed by atoms with van der Waals surface area (Å²) >= 11 is 1.71. The highest BCUT2D eigenvalue weighted by atomic mass is 127. The van der Waals surface area contributed by atoms with E-state index in [1.165, 1.54) is 0 Å². The lowest BCUT2D eigenvalue weighted by Crippen LogP contribution is -2.65. The molecule has 136 valence electrons. The minimum absolute atomic E-state index is 0.0919. The summed E-state index contributed by atoms with van der Waals surface area (Å²) in [4.78, 5) is 11.7. The molecule has 0 saturated heterocycles.